The van der Waals surface area contributed by atoms with Crippen molar-refractivity contribution in [2.24, 2.45) is 10.9 Å². The summed E-state index contributed by atoms with van der Waals surface area (Å²) in [4.78, 5) is 36.0. The van der Waals surface area contributed by atoms with Crippen LogP contribution in [0.4, 0.5) is 13.2 Å². The van der Waals surface area contributed by atoms with E-state index in [1.54, 1.807) is 11.1 Å². The summed E-state index contributed by atoms with van der Waals surface area (Å²) in [6, 6.07) is 1.33. The first-order valence-electron chi connectivity index (χ1n) is 13.6. The second-order valence-corrected chi connectivity index (χ2v) is 12.7. The third-order valence-electron chi connectivity index (χ3n) is 9.06. The van der Waals surface area contributed by atoms with Crippen LogP contribution in [0.2, 0.25) is 5.02 Å². The SMILES string of the molecule is COC(=O)C1=C(CN2C3CC(CC(=O)O)CC2C2(F)CC32F)CCCC(c2nccs2)=NC1c1ccc(F)cc1Cl. The summed E-state index contributed by atoms with van der Waals surface area (Å²) in [6.07, 6.45) is 3.36. The number of aromatic nitrogens is 1. The Bertz CT molecular complexity index is 1430. The van der Waals surface area contributed by atoms with Crippen LogP contribution in [0.1, 0.15) is 61.6 Å². The molecule has 5 unspecified atom stereocenters. The molecule has 1 N–H and O–H groups in total. The fourth-order valence-corrected chi connectivity index (χ4v) is 8.11. The van der Waals surface area contributed by atoms with Gasteiger partial charge in [-0.2, -0.15) is 0 Å². The highest BCUT2D eigenvalue weighted by Crippen LogP contribution is 2.70. The fraction of sp³-hybridized carbons (Fsp3) is 0.517. The van der Waals surface area contributed by atoms with Crippen LogP contribution in [0.15, 0.2) is 45.9 Å². The number of benzene rings is 1. The molecule has 5 atom stereocenters. The van der Waals surface area contributed by atoms with Gasteiger partial charge >= 0.3 is 11.9 Å². The molecule has 7 nitrogen and oxygen atoms in total. The van der Waals surface area contributed by atoms with E-state index in [4.69, 9.17) is 21.3 Å². The normalized spacial score (nSPS) is 33.0. The fourth-order valence-electron chi connectivity index (χ4n) is 7.18. The van der Waals surface area contributed by atoms with Crippen molar-refractivity contribution < 1.29 is 32.6 Å². The number of piperidine rings is 2. The number of nitrogens with zero attached hydrogens (tertiary/aromatic N) is 3. The lowest BCUT2D eigenvalue weighted by atomic mass is 9.83. The topological polar surface area (TPSA) is 92.1 Å². The van der Waals surface area contributed by atoms with Crippen molar-refractivity contribution in [3.8, 4) is 0 Å². The van der Waals surface area contributed by atoms with Crippen molar-refractivity contribution in [1.82, 2.24) is 9.88 Å². The van der Waals surface area contributed by atoms with Gasteiger partial charge in [0, 0.05) is 53.6 Å². The molecule has 1 aromatic carbocycles. The van der Waals surface area contributed by atoms with Gasteiger partial charge in [0.15, 0.2) is 11.3 Å². The molecule has 6 rings (SSSR count). The Morgan fingerprint density at radius 2 is 1.95 bits per heavy atom. The Balaban J connectivity index is 1.44. The molecule has 3 fully saturated rings. The van der Waals surface area contributed by atoms with E-state index < -0.39 is 47.2 Å². The van der Waals surface area contributed by atoms with E-state index in [1.165, 1.54) is 30.6 Å². The minimum Gasteiger partial charge on any atom is -0.481 e. The Morgan fingerprint density at radius 1 is 1.22 bits per heavy atom. The molecule has 1 saturated carbocycles. The molecule has 4 heterocycles. The Hall–Kier alpha value is -2.76. The van der Waals surface area contributed by atoms with Crippen molar-refractivity contribution in [2.75, 3.05) is 13.7 Å². The van der Waals surface area contributed by atoms with Gasteiger partial charge in [-0.15, -0.1) is 11.3 Å². The molecular formula is C29H29ClF3N3O4S. The van der Waals surface area contributed by atoms with Crippen LogP contribution >= 0.6 is 22.9 Å². The van der Waals surface area contributed by atoms with Gasteiger partial charge in [-0.1, -0.05) is 17.7 Å². The monoisotopic (exact) mass is 607 g/mol. The van der Waals surface area contributed by atoms with Crippen molar-refractivity contribution in [1.29, 1.82) is 0 Å². The van der Waals surface area contributed by atoms with Crippen LogP contribution in [0, 0.1) is 11.7 Å². The zero-order chi connectivity index (χ0) is 29.1. The first-order chi connectivity index (χ1) is 19.6. The molecule has 1 aromatic heterocycles. The van der Waals surface area contributed by atoms with Crippen LogP contribution in [0.25, 0.3) is 0 Å². The highest BCUT2D eigenvalue weighted by atomic mass is 35.5. The maximum absolute atomic E-state index is 15.9. The van der Waals surface area contributed by atoms with E-state index in [2.05, 4.69) is 4.98 Å². The van der Waals surface area contributed by atoms with Crippen LogP contribution in [-0.2, 0) is 14.3 Å². The van der Waals surface area contributed by atoms with E-state index in [9.17, 15) is 19.1 Å². The second kappa shape index (κ2) is 10.5. The molecule has 0 spiro atoms. The predicted molar refractivity (Wildman–Crippen MR) is 147 cm³/mol. The van der Waals surface area contributed by atoms with Gasteiger partial charge in [-0.3, -0.25) is 14.7 Å². The molecule has 1 aliphatic carbocycles. The van der Waals surface area contributed by atoms with Gasteiger partial charge in [-0.25, -0.2) is 22.9 Å². The molecule has 0 amide bonds. The summed E-state index contributed by atoms with van der Waals surface area (Å²) in [5, 5.41) is 11.9. The molecule has 0 radical (unpaired) electrons. The quantitative estimate of drug-likeness (QED) is 0.396. The third-order valence-corrected chi connectivity index (χ3v) is 10.2. The number of carboxylic acids is 1. The molecule has 41 heavy (non-hydrogen) atoms. The average molecular weight is 608 g/mol. The van der Waals surface area contributed by atoms with Crippen molar-refractivity contribution >= 4 is 40.6 Å². The highest BCUT2D eigenvalue weighted by Gasteiger charge is 2.85. The number of fused-ring (bicyclic) bond motifs is 5. The molecule has 2 saturated heterocycles. The molecule has 218 valence electrons. The van der Waals surface area contributed by atoms with Gasteiger partial charge in [0.05, 0.1) is 18.4 Å². The standard InChI is InChI=1S/C29H29ClF3N3O4S/c1-40-27(39)24-16(13-36-21-9-15(11-23(37)38)10-22(36)29(33)14-28(21,29)32)3-2-4-20(26-34-7-8-41-26)35-25(24)18-6-5-17(31)12-19(18)30/h5-8,12,15,21-22,25H,2-4,9-11,13-14H2,1H3,(H,37,38). The minimum absolute atomic E-state index is 0.0831. The highest BCUT2D eigenvalue weighted by molar-refractivity contribution is 7.11. The zero-order valence-electron chi connectivity index (χ0n) is 22.3. The van der Waals surface area contributed by atoms with E-state index in [-0.39, 0.29) is 48.7 Å². The summed E-state index contributed by atoms with van der Waals surface area (Å²) >= 11 is 7.91. The maximum atomic E-state index is 15.9. The third kappa shape index (κ3) is 4.79. The van der Waals surface area contributed by atoms with Crippen LogP contribution in [-0.4, -0.2) is 69.7 Å². The zero-order valence-corrected chi connectivity index (χ0v) is 23.9. The van der Waals surface area contributed by atoms with E-state index in [0.29, 0.717) is 41.1 Å². The van der Waals surface area contributed by atoms with Gasteiger partial charge < -0.3 is 9.84 Å². The number of halogens is 4. The number of ether oxygens (including phenoxy) is 1. The summed E-state index contributed by atoms with van der Waals surface area (Å²) in [5.74, 6) is -2.51. The Labute approximate surface area is 244 Å². The van der Waals surface area contributed by atoms with Gasteiger partial charge in [0.2, 0.25) is 0 Å². The first kappa shape index (κ1) is 28.4. The number of aliphatic imine (C=N–C) groups is 1. The summed E-state index contributed by atoms with van der Waals surface area (Å²) in [6.45, 7) is 0.105. The van der Waals surface area contributed by atoms with E-state index in [0.717, 1.165) is 6.07 Å². The number of alkyl halides is 2. The number of thiazole rings is 1. The lowest BCUT2D eigenvalue weighted by molar-refractivity contribution is -0.139. The molecule has 2 bridgehead atoms. The number of carbonyl (C=O) groups is 2. The number of carbonyl (C=O) groups excluding carboxylic acids is 1. The number of carboxylic acid groups (broad SMARTS) is 1. The molecule has 3 aliphatic heterocycles. The Kier molecular flexibility index (Phi) is 7.27. The van der Waals surface area contributed by atoms with Crippen LogP contribution in [0.5, 0.6) is 0 Å². The number of hydrogen-bond donors (Lipinski definition) is 1. The van der Waals surface area contributed by atoms with Crippen molar-refractivity contribution in [2.45, 2.75) is 74.4 Å². The lowest BCUT2D eigenvalue weighted by Gasteiger charge is -2.42. The van der Waals surface area contributed by atoms with Crippen molar-refractivity contribution in [3.63, 3.8) is 0 Å². The largest absolute Gasteiger partial charge is 0.481 e. The molecule has 2 aromatic rings. The predicted octanol–water partition coefficient (Wildman–Crippen LogP) is 5.88. The van der Waals surface area contributed by atoms with Crippen LogP contribution in [0.3, 0.4) is 0 Å². The Morgan fingerprint density at radius 3 is 2.56 bits per heavy atom. The average Bonchev–Trinajstić information content (AvgIpc) is 3.20. The maximum Gasteiger partial charge on any atom is 0.336 e. The first-order valence-corrected chi connectivity index (χ1v) is 14.9. The molecule has 4 aliphatic rings. The minimum atomic E-state index is -2.03. The number of rotatable bonds is 7. The van der Waals surface area contributed by atoms with Crippen molar-refractivity contribution in [3.05, 3.63) is 62.3 Å². The summed E-state index contributed by atoms with van der Waals surface area (Å²) < 4.78 is 51.0. The molecular weight excluding hydrogens is 579 g/mol. The van der Waals surface area contributed by atoms with Gasteiger partial charge in [-0.05, 0) is 55.7 Å². The number of esters is 1. The van der Waals surface area contributed by atoms with Crippen LogP contribution < -0.4 is 0 Å². The summed E-state index contributed by atoms with van der Waals surface area (Å²) in [7, 11) is 1.25. The second-order valence-electron chi connectivity index (χ2n) is 11.4. The van der Waals surface area contributed by atoms with E-state index >= 15 is 8.78 Å². The smallest absolute Gasteiger partial charge is 0.336 e. The number of aliphatic carboxylic acids is 1. The number of hydrogen-bond acceptors (Lipinski definition) is 7. The van der Waals surface area contributed by atoms with Gasteiger partial charge in [0.1, 0.15) is 16.9 Å². The lowest BCUT2D eigenvalue weighted by Crippen LogP contribution is -2.50. The molecule has 12 heteroatoms. The number of methoxy groups -OCH3 is 1. The van der Waals surface area contributed by atoms with Gasteiger partial charge in [0.25, 0.3) is 0 Å². The van der Waals surface area contributed by atoms with E-state index in [1.807, 2.05) is 5.38 Å². The summed E-state index contributed by atoms with van der Waals surface area (Å²) in [5.41, 5.74) is -2.16.